The molecule has 36 heavy (non-hydrogen) atoms. The van der Waals surface area contributed by atoms with E-state index >= 15 is 0 Å². The van der Waals surface area contributed by atoms with Crippen LogP contribution in [0.2, 0.25) is 0 Å². The second-order valence-corrected chi connectivity index (χ2v) is 9.53. The Labute approximate surface area is 212 Å². The van der Waals surface area contributed by atoms with E-state index in [1.807, 2.05) is 51.1 Å². The number of fused-ring (bicyclic) bond motifs is 1. The maximum atomic E-state index is 12.9. The lowest BCUT2D eigenvalue weighted by molar-refractivity contribution is -0.121. The zero-order valence-corrected chi connectivity index (χ0v) is 21.3. The van der Waals surface area contributed by atoms with Gasteiger partial charge in [0.15, 0.2) is 0 Å². The quantitative estimate of drug-likeness (QED) is 0.242. The van der Waals surface area contributed by atoms with Crippen molar-refractivity contribution in [3.05, 3.63) is 64.2 Å². The average Bonchev–Trinajstić information content (AvgIpc) is 2.84. The number of benzene rings is 2. The highest BCUT2D eigenvalue weighted by molar-refractivity contribution is 6.52. The van der Waals surface area contributed by atoms with Gasteiger partial charge in [-0.25, -0.2) is 0 Å². The van der Waals surface area contributed by atoms with Crippen molar-refractivity contribution in [3.63, 3.8) is 0 Å². The molecule has 1 aliphatic rings. The number of allylic oxidation sites excluding steroid dienone is 1. The summed E-state index contributed by atoms with van der Waals surface area (Å²) in [6.07, 6.45) is 5.12. The number of unbranched alkanes of at least 4 members (excludes halogenated alkanes) is 2. The highest BCUT2D eigenvalue weighted by Crippen LogP contribution is 2.30. The summed E-state index contributed by atoms with van der Waals surface area (Å²) >= 11 is 0. The first kappa shape index (κ1) is 26.9. The van der Waals surface area contributed by atoms with Gasteiger partial charge in [-0.3, -0.25) is 19.2 Å². The highest BCUT2D eigenvalue weighted by Gasteiger charge is 2.31. The van der Waals surface area contributed by atoms with Gasteiger partial charge in [0.2, 0.25) is 23.4 Å². The SMILES string of the molecule is Cc1ccc2c(c1CCC(=O)NCCCCCC(=O)Nc1ccccc1N)C(=O)C(=O)C(C(C)C)=C2. The number of ketones is 2. The lowest BCUT2D eigenvalue weighted by atomic mass is 9.81. The number of hydrogen-bond donors (Lipinski definition) is 3. The molecule has 0 aromatic heterocycles. The van der Waals surface area contributed by atoms with Crippen LogP contribution >= 0.6 is 0 Å². The molecule has 1 aliphatic carbocycles. The van der Waals surface area contributed by atoms with E-state index in [4.69, 9.17) is 5.73 Å². The molecule has 7 heteroatoms. The Kier molecular flexibility index (Phi) is 9.17. The Hall–Kier alpha value is -3.74. The number of nitrogens with one attached hydrogen (secondary N) is 2. The van der Waals surface area contributed by atoms with Crippen molar-refractivity contribution in [2.24, 2.45) is 5.92 Å². The minimum Gasteiger partial charge on any atom is -0.397 e. The fourth-order valence-electron chi connectivity index (χ4n) is 4.35. The predicted molar refractivity (Wildman–Crippen MR) is 143 cm³/mol. The first-order chi connectivity index (χ1) is 17.2. The van der Waals surface area contributed by atoms with Crippen LogP contribution in [0.25, 0.3) is 6.08 Å². The fourth-order valence-corrected chi connectivity index (χ4v) is 4.35. The number of rotatable bonds is 11. The van der Waals surface area contributed by atoms with Crippen LogP contribution in [0.3, 0.4) is 0 Å². The van der Waals surface area contributed by atoms with Gasteiger partial charge in [-0.1, -0.05) is 44.5 Å². The molecule has 190 valence electrons. The van der Waals surface area contributed by atoms with Gasteiger partial charge in [0, 0.05) is 30.5 Å². The van der Waals surface area contributed by atoms with Crippen molar-refractivity contribution in [1.29, 1.82) is 0 Å². The Balaban J connectivity index is 1.43. The number of Topliss-reactive ketones (excluding diaryl/α,β-unsaturated/α-hetero) is 2. The molecule has 0 saturated carbocycles. The van der Waals surface area contributed by atoms with Gasteiger partial charge in [-0.15, -0.1) is 0 Å². The van der Waals surface area contributed by atoms with Gasteiger partial charge in [0.25, 0.3) is 0 Å². The van der Waals surface area contributed by atoms with Gasteiger partial charge in [-0.05, 0) is 67.0 Å². The molecule has 2 amide bonds. The molecule has 0 heterocycles. The van der Waals surface area contributed by atoms with Gasteiger partial charge in [0.05, 0.1) is 11.4 Å². The summed E-state index contributed by atoms with van der Waals surface area (Å²) in [7, 11) is 0. The summed E-state index contributed by atoms with van der Waals surface area (Å²) in [5, 5.41) is 5.72. The van der Waals surface area contributed by atoms with E-state index in [1.54, 1.807) is 12.1 Å². The average molecular weight is 490 g/mol. The minimum atomic E-state index is -0.478. The Morgan fingerprint density at radius 2 is 1.67 bits per heavy atom. The standard InChI is InChI=1S/C29H35N3O4/c1-18(2)22-17-20-13-12-19(3)21(27(20)29(36)28(22)35)14-15-25(33)31-16-8-4-5-11-26(34)32-24-10-7-6-9-23(24)30/h6-7,9-10,12-13,17-18H,4-5,8,11,14-16,30H2,1-3H3,(H,31,33)(H,32,34). The number of carbonyl (C=O) groups is 4. The molecule has 0 radical (unpaired) electrons. The van der Waals surface area contributed by atoms with Crippen molar-refractivity contribution in [1.82, 2.24) is 5.32 Å². The van der Waals surface area contributed by atoms with Crippen LogP contribution < -0.4 is 16.4 Å². The number of nitrogen functional groups attached to an aromatic ring is 1. The van der Waals surface area contributed by atoms with Crippen LogP contribution in [-0.4, -0.2) is 29.9 Å². The van der Waals surface area contributed by atoms with Crippen LogP contribution in [0.1, 0.15) is 73.0 Å². The van der Waals surface area contributed by atoms with Crippen LogP contribution in [0, 0.1) is 12.8 Å². The van der Waals surface area contributed by atoms with E-state index in [2.05, 4.69) is 10.6 Å². The van der Waals surface area contributed by atoms with Crippen LogP contribution in [0.15, 0.2) is 42.0 Å². The number of nitrogens with two attached hydrogens (primary N) is 1. The van der Waals surface area contributed by atoms with E-state index in [1.165, 1.54) is 0 Å². The largest absolute Gasteiger partial charge is 0.397 e. The molecule has 0 atom stereocenters. The Morgan fingerprint density at radius 1 is 0.917 bits per heavy atom. The van der Waals surface area contributed by atoms with Crippen molar-refractivity contribution in [3.8, 4) is 0 Å². The van der Waals surface area contributed by atoms with E-state index in [0.717, 1.165) is 29.5 Å². The molecule has 3 rings (SSSR count). The Bertz CT molecular complexity index is 1200. The number of para-hydroxylation sites is 2. The minimum absolute atomic E-state index is 0.0258. The molecule has 0 unspecified atom stereocenters. The molecular formula is C29H35N3O4. The first-order valence-electron chi connectivity index (χ1n) is 12.5. The van der Waals surface area contributed by atoms with E-state index in [9.17, 15) is 19.2 Å². The zero-order chi connectivity index (χ0) is 26.2. The lowest BCUT2D eigenvalue weighted by Crippen LogP contribution is -2.27. The summed E-state index contributed by atoms with van der Waals surface area (Å²) in [4.78, 5) is 49.9. The number of hydrogen-bond acceptors (Lipinski definition) is 5. The lowest BCUT2D eigenvalue weighted by Gasteiger charge is -2.21. The van der Waals surface area contributed by atoms with E-state index in [0.29, 0.717) is 48.3 Å². The summed E-state index contributed by atoms with van der Waals surface area (Å²) < 4.78 is 0. The van der Waals surface area contributed by atoms with Crippen LogP contribution in [-0.2, 0) is 20.8 Å². The molecule has 0 aliphatic heterocycles. The fraction of sp³-hybridized carbons (Fsp3) is 0.379. The van der Waals surface area contributed by atoms with Gasteiger partial charge in [-0.2, -0.15) is 0 Å². The summed E-state index contributed by atoms with van der Waals surface area (Å²) in [5.41, 5.74) is 10.4. The second kappa shape index (κ2) is 12.3. The van der Waals surface area contributed by atoms with Crippen LogP contribution in [0.4, 0.5) is 11.4 Å². The third-order valence-corrected chi connectivity index (χ3v) is 6.45. The molecule has 0 fully saturated rings. The maximum absolute atomic E-state index is 12.9. The van der Waals surface area contributed by atoms with Crippen molar-refractivity contribution in [2.45, 2.75) is 59.3 Å². The summed E-state index contributed by atoms with van der Waals surface area (Å²) in [6.45, 7) is 6.22. The molecule has 2 aromatic rings. The second-order valence-electron chi connectivity index (χ2n) is 9.53. The molecule has 7 nitrogen and oxygen atoms in total. The summed E-state index contributed by atoms with van der Waals surface area (Å²) in [6, 6.07) is 10.9. The number of aryl methyl sites for hydroxylation is 1. The van der Waals surface area contributed by atoms with Crippen molar-refractivity contribution in [2.75, 3.05) is 17.6 Å². The third kappa shape index (κ3) is 6.68. The highest BCUT2D eigenvalue weighted by atomic mass is 16.2. The molecular weight excluding hydrogens is 454 g/mol. The monoisotopic (exact) mass is 489 g/mol. The van der Waals surface area contributed by atoms with Crippen molar-refractivity contribution < 1.29 is 19.2 Å². The molecule has 0 spiro atoms. The molecule has 0 bridgehead atoms. The van der Waals surface area contributed by atoms with E-state index in [-0.39, 0.29) is 24.2 Å². The molecule has 4 N–H and O–H groups in total. The van der Waals surface area contributed by atoms with E-state index < -0.39 is 11.6 Å². The maximum Gasteiger partial charge on any atom is 0.234 e. The number of amides is 2. The van der Waals surface area contributed by atoms with Gasteiger partial charge in [0.1, 0.15) is 0 Å². The predicted octanol–water partition coefficient (Wildman–Crippen LogP) is 4.63. The molecule has 2 aromatic carbocycles. The first-order valence-corrected chi connectivity index (χ1v) is 12.5. The van der Waals surface area contributed by atoms with Gasteiger partial charge >= 0.3 is 0 Å². The smallest absolute Gasteiger partial charge is 0.234 e. The topological polar surface area (TPSA) is 118 Å². The van der Waals surface area contributed by atoms with Crippen molar-refractivity contribution >= 4 is 40.8 Å². The third-order valence-electron chi connectivity index (χ3n) is 6.45. The van der Waals surface area contributed by atoms with Gasteiger partial charge < -0.3 is 16.4 Å². The van der Waals surface area contributed by atoms with Crippen LogP contribution in [0.5, 0.6) is 0 Å². The Morgan fingerprint density at radius 3 is 2.39 bits per heavy atom. The number of carbonyl (C=O) groups excluding carboxylic acids is 4. The molecule has 0 saturated heterocycles. The number of anilines is 2. The normalized spacial score (nSPS) is 12.8. The summed E-state index contributed by atoms with van der Waals surface area (Å²) in [5.74, 6) is -1.13. The zero-order valence-electron chi connectivity index (χ0n) is 21.3.